The molecule has 0 amide bonds. The minimum atomic E-state index is -4.28. The molecule has 14 nitrogen and oxygen atoms in total. The van der Waals surface area contributed by atoms with Crippen LogP contribution in [0.4, 0.5) is 33.0 Å². The molecule has 0 aliphatic carbocycles. The van der Waals surface area contributed by atoms with Crippen LogP contribution in [0.3, 0.4) is 0 Å². The fourth-order valence-corrected chi connectivity index (χ4v) is 7.80. The highest BCUT2D eigenvalue weighted by atomic mass is 32.2. The Morgan fingerprint density at radius 2 is 0.947 bits per heavy atom. The highest BCUT2D eigenvalue weighted by Crippen LogP contribution is 2.27. The molecule has 2 N–H and O–H groups in total. The highest BCUT2D eigenvalue weighted by Gasteiger charge is 2.10. The van der Waals surface area contributed by atoms with Crippen LogP contribution < -0.4 is 19.8 Å². The van der Waals surface area contributed by atoms with Gasteiger partial charge in [0.2, 0.25) is 0 Å². The summed E-state index contributed by atoms with van der Waals surface area (Å²) in [7, 11) is -4.63. The maximum absolute atomic E-state index is 10.5. The lowest BCUT2D eigenvalue weighted by molar-refractivity contribution is -0.654. The molecule has 0 radical (unpaired) electrons. The van der Waals surface area contributed by atoms with E-state index in [0.29, 0.717) is 11.1 Å². The maximum Gasteiger partial charge on any atom is 0.408 e. The first-order valence-corrected chi connectivity index (χ1v) is 22.0. The minimum absolute atomic E-state index is 0.139. The van der Waals surface area contributed by atoms with E-state index < -0.39 is 20.2 Å². The van der Waals surface area contributed by atoms with E-state index in [0.717, 1.165) is 63.6 Å². The molecule has 0 aliphatic heterocycles. The number of aromatic nitrogens is 2. The third-order valence-electron chi connectivity index (χ3n) is 8.14. The molecule has 57 heavy (non-hydrogen) atoms. The van der Waals surface area contributed by atoms with Crippen molar-refractivity contribution in [2.45, 2.75) is 43.9 Å². The molecule has 0 fully saturated rings. The second-order valence-electron chi connectivity index (χ2n) is 12.6. The van der Waals surface area contributed by atoms with Gasteiger partial charge in [-0.1, -0.05) is 36.4 Å². The average Bonchev–Trinajstić information content (AvgIpc) is 3.77. The van der Waals surface area contributed by atoms with Gasteiger partial charge in [-0.25, -0.2) is 26.0 Å². The van der Waals surface area contributed by atoms with E-state index in [2.05, 4.69) is 69.2 Å². The number of thiazole rings is 2. The van der Waals surface area contributed by atoms with Crippen molar-refractivity contribution in [1.82, 2.24) is 0 Å². The van der Waals surface area contributed by atoms with Crippen LogP contribution in [-0.4, -0.2) is 39.0 Å². The van der Waals surface area contributed by atoms with E-state index in [9.17, 15) is 25.9 Å². The number of azo groups is 2. The Labute approximate surface area is 341 Å². The lowest BCUT2D eigenvalue weighted by atomic mass is 10.2. The largest absolute Gasteiger partial charge is 0.744 e. The predicted molar refractivity (Wildman–Crippen MR) is 222 cm³/mol. The highest BCUT2D eigenvalue weighted by molar-refractivity contribution is 7.86. The van der Waals surface area contributed by atoms with Crippen molar-refractivity contribution in [3.05, 3.63) is 130 Å². The lowest BCUT2D eigenvalue weighted by Crippen LogP contribution is -2.23. The first kappa shape index (κ1) is 44.5. The quantitative estimate of drug-likeness (QED) is 0.0528. The molecule has 0 saturated heterocycles. The molecule has 18 heteroatoms. The SMILES string of the molecule is Cc1cc(NCCCNc2ccc(N=Nc3scc[n+]3C)c(C)c2)ccc1N=Nc1scc[n+]1C.Cc1ccccc1S(=O)(=O)[O-].Cc1ccccc1S(=O)(=O)[O-]. The Kier molecular flexibility index (Phi) is 16.2. The van der Waals surface area contributed by atoms with Gasteiger partial charge in [-0.05, 0) is 138 Å². The first-order chi connectivity index (χ1) is 27.0. The van der Waals surface area contributed by atoms with Crippen LogP contribution in [-0.2, 0) is 34.3 Å². The fourth-order valence-electron chi connectivity index (χ4n) is 5.02. The Bertz CT molecular complexity index is 2380. The predicted octanol–water partition coefficient (Wildman–Crippen LogP) is 8.62. The van der Waals surface area contributed by atoms with E-state index in [4.69, 9.17) is 0 Å². The molecule has 300 valence electrons. The molecule has 6 rings (SSSR count). The molecular formula is C39H44N8O6S4. The third kappa shape index (κ3) is 14.0. The molecule has 2 aromatic heterocycles. The molecule has 0 unspecified atom stereocenters. The fraction of sp³-hybridized carbons (Fsp3) is 0.231. The summed E-state index contributed by atoms with van der Waals surface area (Å²) < 4.78 is 66.9. The Morgan fingerprint density at radius 3 is 1.25 bits per heavy atom. The summed E-state index contributed by atoms with van der Waals surface area (Å²) in [5.41, 5.74) is 7.11. The molecule has 0 bridgehead atoms. The molecule has 2 heterocycles. The van der Waals surface area contributed by atoms with Crippen LogP contribution in [0.5, 0.6) is 0 Å². The standard InChI is InChI=1S/C25H28N8S2.2C7H8O3S/c1-18-16-20(6-8-22(18)28-30-24-32(3)12-14-34-24)26-10-5-11-27-21-7-9-23(19(2)17-21)29-31-25-33(4)13-15-35-25;2*1-6-4-2-3-5-7(6)11(8,9)10/h6-9,12-17H,5,10-11H2,1-4H3;2*2-5H,1H3,(H,8,9,10). The lowest BCUT2D eigenvalue weighted by Gasteiger charge is -2.10. The number of rotatable bonds is 12. The van der Waals surface area contributed by atoms with Gasteiger partial charge < -0.3 is 19.7 Å². The number of nitrogens with zero attached hydrogens (tertiary/aromatic N) is 6. The van der Waals surface area contributed by atoms with Crippen LogP contribution >= 0.6 is 22.7 Å². The number of hydrogen-bond donors (Lipinski definition) is 2. The molecule has 0 aliphatic rings. The van der Waals surface area contributed by atoms with Crippen molar-refractivity contribution in [2.75, 3.05) is 23.7 Å². The zero-order valence-corrected chi connectivity index (χ0v) is 35.5. The van der Waals surface area contributed by atoms with Crippen LogP contribution in [0.1, 0.15) is 28.7 Å². The van der Waals surface area contributed by atoms with E-state index in [1.54, 1.807) is 60.8 Å². The molecule has 0 spiro atoms. The summed E-state index contributed by atoms with van der Waals surface area (Å²) in [6.45, 7) is 9.04. The van der Waals surface area contributed by atoms with Gasteiger partial charge in [-0.2, -0.15) is 0 Å². The topological polar surface area (TPSA) is 196 Å². The number of hydrogen-bond acceptors (Lipinski definition) is 14. The van der Waals surface area contributed by atoms with E-state index in [1.807, 2.05) is 58.5 Å². The van der Waals surface area contributed by atoms with Gasteiger partial charge in [-0.3, -0.25) is 0 Å². The van der Waals surface area contributed by atoms with Gasteiger partial charge in [0, 0.05) is 35.2 Å². The Balaban J connectivity index is 0.000000265. The van der Waals surface area contributed by atoms with E-state index in [-0.39, 0.29) is 9.79 Å². The second kappa shape index (κ2) is 20.8. The number of anilines is 2. The van der Waals surface area contributed by atoms with Crippen molar-refractivity contribution < 1.29 is 35.1 Å². The molecule has 0 atom stereocenters. The minimum Gasteiger partial charge on any atom is -0.744 e. The second-order valence-corrected chi connectivity index (χ2v) is 17.1. The maximum atomic E-state index is 10.5. The Morgan fingerprint density at radius 1 is 0.561 bits per heavy atom. The third-order valence-corrected chi connectivity index (χ3v) is 11.8. The molecule has 4 aromatic carbocycles. The summed E-state index contributed by atoms with van der Waals surface area (Å²) in [5.74, 6) is 0. The van der Waals surface area contributed by atoms with Crippen molar-refractivity contribution in [1.29, 1.82) is 0 Å². The zero-order chi connectivity index (χ0) is 41.6. The molecule has 6 aromatic rings. The van der Waals surface area contributed by atoms with Crippen molar-refractivity contribution in [3.8, 4) is 0 Å². The van der Waals surface area contributed by atoms with E-state index >= 15 is 0 Å². The van der Waals surface area contributed by atoms with Crippen LogP contribution in [0.25, 0.3) is 0 Å². The summed E-state index contributed by atoms with van der Waals surface area (Å²) in [4.78, 5) is -0.278. The normalized spacial score (nSPS) is 11.5. The summed E-state index contributed by atoms with van der Waals surface area (Å²) in [5, 5.41) is 30.2. The van der Waals surface area contributed by atoms with Crippen LogP contribution in [0.2, 0.25) is 0 Å². The van der Waals surface area contributed by atoms with Gasteiger partial charge >= 0.3 is 10.3 Å². The van der Waals surface area contributed by atoms with Crippen molar-refractivity contribution in [2.24, 2.45) is 34.6 Å². The molecular weight excluding hydrogens is 805 g/mol. The summed E-state index contributed by atoms with van der Waals surface area (Å²) >= 11 is 3.14. The Hall–Kier alpha value is -5.24. The van der Waals surface area contributed by atoms with Gasteiger partial charge in [0.15, 0.2) is 0 Å². The summed E-state index contributed by atoms with van der Waals surface area (Å²) in [6, 6.07) is 24.5. The van der Waals surface area contributed by atoms with Crippen molar-refractivity contribution in [3.63, 3.8) is 0 Å². The first-order valence-electron chi connectivity index (χ1n) is 17.4. The van der Waals surface area contributed by atoms with Gasteiger partial charge in [0.1, 0.15) is 44.0 Å². The van der Waals surface area contributed by atoms with Gasteiger partial charge in [-0.15, -0.1) is 0 Å². The number of nitrogens with one attached hydrogen (secondary N) is 2. The zero-order valence-electron chi connectivity index (χ0n) is 32.3. The van der Waals surface area contributed by atoms with Gasteiger partial charge in [0.25, 0.3) is 0 Å². The van der Waals surface area contributed by atoms with E-state index in [1.165, 1.54) is 24.3 Å². The summed E-state index contributed by atoms with van der Waals surface area (Å²) in [6.07, 6.45) is 4.94. The average molecular weight is 849 g/mol. The van der Waals surface area contributed by atoms with Crippen LogP contribution in [0, 0.1) is 27.7 Å². The number of aryl methyl sites for hydroxylation is 6. The number of benzene rings is 4. The van der Waals surface area contributed by atoms with Crippen LogP contribution in [0.15, 0.2) is 138 Å². The smallest absolute Gasteiger partial charge is 0.408 e. The van der Waals surface area contributed by atoms with Crippen molar-refractivity contribution >= 4 is 75.9 Å². The van der Waals surface area contributed by atoms with Gasteiger partial charge in [0.05, 0.1) is 34.1 Å². The monoisotopic (exact) mass is 848 g/mol. The molecule has 0 saturated carbocycles.